The van der Waals surface area contributed by atoms with E-state index in [1.165, 1.54) is 23.1 Å². The van der Waals surface area contributed by atoms with Crippen molar-refractivity contribution in [2.75, 3.05) is 25.0 Å². The van der Waals surface area contributed by atoms with Gasteiger partial charge in [-0.15, -0.1) is 0 Å². The summed E-state index contributed by atoms with van der Waals surface area (Å²) in [4.78, 5) is 13.4. The summed E-state index contributed by atoms with van der Waals surface area (Å²) in [5.74, 6) is -0.393. The van der Waals surface area contributed by atoms with Gasteiger partial charge in [-0.05, 0) is 24.6 Å². The predicted molar refractivity (Wildman–Crippen MR) is 69.0 cm³/mol. The molecule has 0 bridgehead atoms. The molecular weight excluding hydrogens is 235 g/mol. The van der Waals surface area contributed by atoms with E-state index in [0.717, 1.165) is 12.8 Å². The lowest BCUT2D eigenvalue weighted by atomic mass is 10.3. The lowest BCUT2D eigenvalue weighted by Gasteiger charge is -2.22. The van der Waals surface area contributed by atoms with Gasteiger partial charge in [0.2, 0.25) is 0 Å². The Bertz CT molecular complexity index is 385. The molecule has 1 aromatic rings. The van der Waals surface area contributed by atoms with Crippen LogP contribution in [-0.2, 0) is 0 Å². The standard InChI is InChI=1S/C13H19FN2O2/c1-2-3-7-16(8-9-17)13(18)15-12-6-4-5-11(14)10-12/h4-6,10,17H,2-3,7-9H2,1H3,(H,15,18). The van der Waals surface area contributed by atoms with E-state index in [-0.39, 0.29) is 19.2 Å². The Kier molecular flexibility index (Phi) is 6.14. The van der Waals surface area contributed by atoms with Gasteiger partial charge < -0.3 is 15.3 Å². The summed E-state index contributed by atoms with van der Waals surface area (Å²) < 4.78 is 13.0. The van der Waals surface area contributed by atoms with Crippen LogP contribution in [0.25, 0.3) is 0 Å². The second-order valence-electron chi connectivity index (χ2n) is 4.00. The van der Waals surface area contributed by atoms with E-state index in [0.29, 0.717) is 12.2 Å². The van der Waals surface area contributed by atoms with E-state index in [1.54, 1.807) is 6.07 Å². The first-order valence-electron chi connectivity index (χ1n) is 6.09. The van der Waals surface area contributed by atoms with Crippen LogP contribution in [-0.4, -0.2) is 35.7 Å². The van der Waals surface area contributed by atoms with Crippen LogP contribution in [0.1, 0.15) is 19.8 Å². The summed E-state index contributed by atoms with van der Waals surface area (Å²) in [6.45, 7) is 2.81. The van der Waals surface area contributed by atoms with Crippen molar-refractivity contribution < 1.29 is 14.3 Å². The second kappa shape index (κ2) is 7.66. The van der Waals surface area contributed by atoms with Gasteiger partial charge >= 0.3 is 6.03 Å². The minimum Gasteiger partial charge on any atom is -0.395 e. The average Bonchev–Trinajstić information content (AvgIpc) is 2.34. The molecule has 2 amide bonds. The number of hydrogen-bond donors (Lipinski definition) is 2. The number of amides is 2. The summed E-state index contributed by atoms with van der Waals surface area (Å²) in [6.07, 6.45) is 1.84. The number of urea groups is 1. The minimum absolute atomic E-state index is 0.0831. The Morgan fingerprint density at radius 1 is 1.44 bits per heavy atom. The van der Waals surface area contributed by atoms with Gasteiger partial charge in [0.25, 0.3) is 0 Å². The number of halogens is 1. The highest BCUT2D eigenvalue weighted by Crippen LogP contribution is 2.10. The molecule has 0 aliphatic rings. The highest BCUT2D eigenvalue weighted by Gasteiger charge is 2.12. The van der Waals surface area contributed by atoms with Crippen molar-refractivity contribution in [1.29, 1.82) is 0 Å². The topological polar surface area (TPSA) is 52.6 Å². The summed E-state index contributed by atoms with van der Waals surface area (Å²) >= 11 is 0. The van der Waals surface area contributed by atoms with Crippen molar-refractivity contribution in [3.05, 3.63) is 30.1 Å². The third-order valence-electron chi connectivity index (χ3n) is 2.51. The smallest absolute Gasteiger partial charge is 0.321 e. The summed E-state index contributed by atoms with van der Waals surface area (Å²) in [5, 5.41) is 11.5. The Labute approximate surface area is 106 Å². The Hall–Kier alpha value is -1.62. The molecule has 0 aromatic heterocycles. The SMILES string of the molecule is CCCCN(CCO)C(=O)Nc1cccc(F)c1. The van der Waals surface area contributed by atoms with Crippen molar-refractivity contribution in [2.24, 2.45) is 0 Å². The quantitative estimate of drug-likeness (QED) is 0.819. The number of unbranched alkanes of at least 4 members (excludes halogenated alkanes) is 1. The fourth-order valence-electron chi connectivity index (χ4n) is 1.55. The predicted octanol–water partition coefficient (Wildman–Crippen LogP) is 2.45. The summed E-state index contributed by atoms with van der Waals surface area (Å²) in [6, 6.07) is 5.42. The van der Waals surface area contributed by atoms with Gasteiger partial charge in [-0.2, -0.15) is 0 Å². The normalized spacial score (nSPS) is 10.2. The Morgan fingerprint density at radius 3 is 2.83 bits per heavy atom. The maximum absolute atomic E-state index is 13.0. The first-order chi connectivity index (χ1) is 8.67. The average molecular weight is 254 g/mol. The highest BCUT2D eigenvalue weighted by molar-refractivity contribution is 5.89. The number of anilines is 1. The molecule has 0 saturated heterocycles. The van der Waals surface area contributed by atoms with E-state index in [1.807, 2.05) is 6.92 Å². The van der Waals surface area contributed by atoms with Crippen LogP contribution >= 0.6 is 0 Å². The molecule has 2 N–H and O–H groups in total. The fourth-order valence-corrected chi connectivity index (χ4v) is 1.55. The van der Waals surface area contributed by atoms with Crippen LogP contribution < -0.4 is 5.32 Å². The molecule has 1 rings (SSSR count). The maximum Gasteiger partial charge on any atom is 0.321 e. The molecule has 0 spiro atoms. The molecule has 0 atom stereocenters. The molecule has 0 heterocycles. The fraction of sp³-hybridized carbons (Fsp3) is 0.462. The number of hydrogen-bond acceptors (Lipinski definition) is 2. The van der Waals surface area contributed by atoms with E-state index in [2.05, 4.69) is 5.32 Å². The number of nitrogens with one attached hydrogen (secondary N) is 1. The van der Waals surface area contributed by atoms with Crippen molar-refractivity contribution in [1.82, 2.24) is 4.90 Å². The molecule has 1 aromatic carbocycles. The van der Waals surface area contributed by atoms with Crippen LogP contribution in [0.4, 0.5) is 14.9 Å². The number of benzene rings is 1. The Morgan fingerprint density at radius 2 is 2.22 bits per heavy atom. The highest BCUT2D eigenvalue weighted by atomic mass is 19.1. The van der Waals surface area contributed by atoms with Gasteiger partial charge in [-0.25, -0.2) is 9.18 Å². The molecule has 0 fully saturated rings. The third kappa shape index (κ3) is 4.71. The molecule has 0 radical (unpaired) electrons. The van der Waals surface area contributed by atoms with Gasteiger partial charge in [0.15, 0.2) is 0 Å². The summed E-state index contributed by atoms with van der Waals surface area (Å²) in [7, 11) is 0. The van der Waals surface area contributed by atoms with E-state index in [9.17, 15) is 9.18 Å². The van der Waals surface area contributed by atoms with Crippen LogP contribution in [0, 0.1) is 5.82 Å². The minimum atomic E-state index is -0.393. The van der Waals surface area contributed by atoms with E-state index >= 15 is 0 Å². The lowest BCUT2D eigenvalue weighted by Crippen LogP contribution is -2.37. The van der Waals surface area contributed by atoms with Gasteiger partial charge in [0.1, 0.15) is 5.82 Å². The lowest BCUT2D eigenvalue weighted by molar-refractivity contribution is 0.187. The first-order valence-corrected chi connectivity index (χ1v) is 6.09. The second-order valence-corrected chi connectivity index (χ2v) is 4.00. The summed E-state index contributed by atoms with van der Waals surface area (Å²) in [5.41, 5.74) is 0.416. The molecular formula is C13H19FN2O2. The van der Waals surface area contributed by atoms with Gasteiger partial charge in [0, 0.05) is 18.8 Å². The number of carbonyl (C=O) groups excluding carboxylic acids is 1. The number of rotatable bonds is 6. The van der Waals surface area contributed by atoms with Crippen molar-refractivity contribution in [2.45, 2.75) is 19.8 Å². The third-order valence-corrected chi connectivity index (χ3v) is 2.51. The maximum atomic E-state index is 13.0. The van der Waals surface area contributed by atoms with E-state index in [4.69, 9.17) is 5.11 Å². The number of aliphatic hydroxyl groups is 1. The zero-order valence-corrected chi connectivity index (χ0v) is 10.5. The number of carbonyl (C=O) groups is 1. The van der Waals surface area contributed by atoms with Crippen molar-refractivity contribution in [3.8, 4) is 0 Å². The molecule has 0 aliphatic carbocycles. The van der Waals surface area contributed by atoms with Gasteiger partial charge in [-0.3, -0.25) is 0 Å². The van der Waals surface area contributed by atoms with Crippen LogP contribution in [0.3, 0.4) is 0 Å². The zero-order chi connectivity index (χ0) is 13.4. The van der Waals surface area contributed by atoms with Crippen LogP contribution in [0.5, 0.6) is 0 Å². The molecule has 0 saturated carbocycles. The molecule has 100 valence electrons. The first kappa shape index (κ1) is 14.4. The van der Waals surface area contributed by atoms with Crippen molar-refractivity contribution >= 4 is 11.7 Å². The van der Waals surface area contributed by atoms with Crippen LogP contribution in [0.15, 0.2) is 24.3 Å². The zero-order valence-electron chi connectivity index (χ0n) is 10.5. The van der Waals surface area contributed by atoms with Crippen molar-refractivity contribution in [3.63, 3.8) is 0 Å². The monoisotopic (exact) mass is 254 g/mol. The van der Waals surface area contributed by atoms with E-state index < -0.39 is 5.82 Å². The molecule has 0 aliphatic heterocycles. The molecule has 5 heteroatoms. The number of aliphatic hydroxyl groups excluding tert-OH is 1. The van der Waals surface area contributed by atoms with Crippen LogP contribution in [0.2, 0.25) is 0 Å². The number of nitrogens with zero attached hydrogens (tertiary/aromatic N) is 1. The van der Waals surface area contributed by atoms with Gasteiger partial charge in [-0.1, -0.05) is 19.4 Å². The molecule has 4 nitrogen and oxygen atoms in total. The molecule has 18 heavy (non-hydrogen) atoms. The molecule has 0 unspecified atom stereocenters. The van der Waals surface area contributed by atoms with Gasteiger partial charge in [0.05, 0.1) is 6.61 Å². The largest absolute Gasteiger partial charge is 0.395 e. The Balaban J connectivity index is 2.60.